The molecule has 74 heavy (non-hydrogen) atoms. The summed E-state index contributed by atoms with van der Waals surface area (Å²) in [6.07, 6.45) is 4.70. The van der Waals surface area contributed by atoms with Crippen molar-refractivity contribution >= 4 is 46.6 Å². The highest BCUT2D eigenvalue weighted by molar-refractivity contribution is 6.30. The number of rotatable bonds is 23. The predicted molar refractivity (Wildman–Crippen MR) is 275 cm³/mol. The van der Waals surface area contributed by atoms with E-state index in [9.17, 15) is 22.8 Å². The molecule has 16 heteroatoms. The summed E-state index contributed by atoms with van der Waals surface area (Å²) < 4.78 is 68.0. The third-order valence-corrected chi connectivity index (χ3v) is 13.3. The van der Waals surface area contributed by atoms with Gasteiger partial charge in [-0.1, -0.05) is 90.5 Å². The van der Waals surface area contributed by atoms with Crippen molar-refractivity contribution in [1.82, 2.24) is 0 Å². The molecule has 7 rings (SSSR count). The molecule has 2 aliphatic heterocycles. The number of hydrogen-bond donors (Lipinski definition) is 0. The second kappa shape index (κ2) is 27.3. The van der Waals surface area contributed by atoms with Crippen LogP contribution < -0.4 is 19.5 Å². The first-order valence-electron chi connectivity index (χ1n) is 24.7. The Bertz CT molecular complexity index is 2700. The minimum atomic E-state index is -5.19. The van der Waals surface area contributed by atoms with E-state index in [0.717, 1.165) is 41.3 Å². The van der Waals surface area contributed by atoms with E-state index in [1.54, 1.807) is 24.3 Å². The molecular weight excluding hydrogens is 977 g/mol. The van der Waals surface area contributed by atoms with Crippen molar-refractivity contribution in [3.8, 4) is 11.5 Å². The summed E-state index contributed by atoms with van der Waals surface area (Å²) in [5.74, 6) is -2.55. The van der Waals surface area contributed by atoms with E-state index in [4.69, 9.17) is 49.9 Å². The molecule has 2 heterocycles. The maximum Gasteiger partial charge on any atom is 0.430 e. The number of aliphatic carboxylic acids is 1. The molecule has 0 radical (unpaired) electrons. The number of halogens is 4. The second-order valence-electron chi connectivity index (χ2n) is 18.6. The zero-order chi connectivity index (χ0) is 53.1. The minimum Gasteiger partial charge on any atom is -0.542 e. The SMILES string of the molecule is CC1(C)C(=C=CC2CCCC(/C=C/C3=[N+](CCOCCOCCC(=O)Oc4ccccc4)c4ccccc4C3(C)C)=C2Cl)N(CCOCCOCCC(=O)Oc2ccccc2)c2ccccc21.O=C([O-])C(F)(F)F. The number of alkyl halides is 3. The van der Waals surface area contributed by atoms with Crippen LogP contribution in [0.1, 0.15) is 70.9 Å². The Labute approximate surface area is 436 Å². The number of esters is 2. The van der Waals surface area contributed by atoms with E-state index >= 15 is 0 Å². The molecule has 0 spiro atoms. The van der Waals surface area contributed by atoms with Gasteiger partial charge in [-0.2, -0.15) is 17.7 Å². The van der Waals surface area contributed by atoms with Crippen LogP contribution in [0.4, 0.5) is 24.5 Å². The van der Waals surface area contributed by atoms with Crippen LogP contribution in [0.15, 0.2) is 149 Å². The van der Waals surface area contributed by atoms with Gasteiger partial charge in [-0.25, -0.2) is 0 Å². The van der Waals surface area contributed by atoms with E-state index < -0.39 is 12.1 Å². The van der Waals surface area contributed by atoms with E-state index in [0.29, 0.717) is 64.2 Å². The Hall–Kier alpha value is -6.32. The number of carbonyl (C=O) groups excluding carboxylic acids is 3. The van der Waals surface area contributed by atoms with Crippen molar-refractivity contribution in [3.63, 3.8) is 0 Å². The average Bonchev–Trinajstić information content (AvgIpc) is 3.73. The zero-order valence-electron chi connectivity index (χ0n) is 42.3. The lowest BCUT2D eigenvalue weighted by Gasteiger charge is -2.26. The van der Waals surface area contributed by atoms with Crippen molar-refractivity contribution in [3.05, 3.63) is 161 Å². The number of carboxylic acids is 1. The first kappa shape index (κ1) is 57.0. The molecule has 0 N–H and O–H groups in total. The molecule has 0 aromatic heterocycles. The largest absolute Gasteiger partial charge is 0.542 e. The fourth-order valence-corrected chi connectivity index (χ4v) is 9.31. The number of nitrogens with zero attached hydrogens (tertiary/aromatic N) is 2. The van der Waals surface area contributed by atoms with Crippen LogP contribution in [0.3, 0.4) is 0 Å². The van der Waals surface area contributed by atoms with Gasteiger partial charge in [0, 0.05) is 46.3 Å². The lowest BCUT2D eigenvalue weighted by molar-refractivity contribution is -0.442. The number of ether oxygens (including phenoxy) is 6. The average molecular weight is 1040 g/mol. The van der Waals surface area contributed by atoms with Crippen molar-refractivity contribution in [1.29, 1.82) is 0 Å². The summed E-state index contributed by atoms with van der Waals surface area (Å²) in [5, 5.41) is 9.65. The molecule has 0 saturated heterocycles. The summed E-state index contributed by atoms with van der Waals surface area (Å²) >= 11 is 7.33. The van der Waals surface area contributed by atoms with Gasteiger partial charge in [-0.15, -0.1) is 5.73 Å². The van der Waals surface area contributed by atoms with E-state index in [-0.39, 0.29) is 54.7 Å². The van der Waals surface area contributed by atoms with Gasteiger partial charge < -0.3 is 43.2 Å². The van der Waals surface area contributed by atoms with E-state index in [1.807, 2.05) is 36.4 Å². The van der Waals surface area contributed by atoms with Gasteiger partial charge in [0.25, 0.3) is 0 Å². The van der Waals surface area contributed by atoms with Crippen molar-refractivity contribution < 1.29 is 65.7 Å². The molecule has 1 aliphatic carbocycles. The second-order valence-corrected chi connectivity index (χ2v) is 19.1. The predicted octanol–water partition coefficient (Wildman–Crippen LogP) is 10.1. The summed E-state index contributed by atoms with van der Waals surface area (Å²) in [7, 11) is 0. The molecule has 0 saturated carbocycles. The van der Waals surface area contributed by atoms with E-state index in [1.165, 1.54) is 22.5 Å². The van der Waals surface area contributed by atoms with Crippen LogP contribution in [0, 0.1) is 5.92 Å². The lowest BCUT2D eigenvalue weighted by Crippen LogP contribution is -2.37. The molecule has 0 fully saturated rings. The summed E-state index contributed by atoms with van der Waals surface area (Å²) in [6, 6.07) is 35.2. The summed E-state index contributed by atoms with van der Waals surface area (Å²) in [6.45, 7) is 13.6. The first-order valence-corrected chi connectivity index (χ1v) is 25.1. The smallest absolute Gasteiger partial charge is 0.430 e. The molecule has 394 valence electrons. The van der Waals surface area contributed by atoms with Gasteiger partial charge >= 0.3 is 18.1 Å². The standard InChI is InChI=1S/C56H64ClN2O8.C2HF3O2/c1-55(2)46-22-11-13-24-48(46)58(32-36-64-40-38-62-34-30-52(60)66-44-18-7-5-8-19-44)50(55)28-26-42-16-15-17-43(54(42)57)27-29-51-56(3,4)47-23-12-14-25-49(47)59(51)33-37-65-41-39-63-35-31-53(61)67-45-20-9-6-10-21-45;3-2(4,5)1(6)7/h5-14,18-28,43H,15-17,30-41H2,1-4H3;(H,6,7)/q+1;/p-1/b28-26+;. The Balaban J connectivity index is 0.00000119. The van der Waals surface area contributed by atoms with Gasteiger partial charge in [-0.3, -0.25) is 9.59 Å². The van der Waals surface area contributed by atoms with Crippen molar-refractivity contribution in [2.24, 2.45) is 5.92 Å². The Morgan fingerprint density at radius 1 is 0.703 bits per heavy atom. The fourth-order valence-electron chi connectivity index (χ4n) is 8.98. The van der Waals surface area contributed by atoms with Crippen LogP contribution in [0.2, 0.25) is 0 Å². The number of carboxylic acid groups (broad SMARTS) is 1. The number of fused-ring (bicyclic) bond motifs is 2. The third-order valence-electron chi connectivity index (χ3n) is 12.7. The Morgan fingerprint density at radius 3 is 1.80 bits per heavy atom. The molecule has 1 atom stereocenters. The fraction of sp³-hybridized carbons (Fsp3) is 0.397. The maximum absolute atomic E-state index is 12.1. The normalized spacial score (nSPS) is 16.6. The van der Waals surface area contributed by atoms with Gasteiger partial charge in [0.05, 0.1) is 70.2 Å². The van der Waals surface area contributed by atoms with Crippen LogP contribution in [-0.4, -0.2) is 100 Å². The zero-order valence-corrected chi connectivity index (χ0v) is 43.1. The number of hydrogen-bond acceptors (Lipinski definition) is 11. The number of benzene rings is 4. The molecule has 0 bridgehead atoms. The summed E-state index contributed by atoms with van der Waals surface area (Å²) in [5.41, 5.74) is 11.6. The quantitative estimate of drug-likeness (QED) is 0.0231. The monoisotopic (exact) mass is 1040 g/mol. The van der Waals surface area contributed by atoms with Crippen LogP contribution in [0.5, 0.6) is 11.5 Å². The lowest BCUT2D eigenvalue weighted by atomic mass is 9.81. The minimum absolute atomic E-state index is 0.0438. The molecule has 1 unspecified atom stereocenters. The molecule has 4 aromatic rings. The Morgan fingerprint density at radius 2 is 1.22 bits per heavy atom. The number of anilines is 1. The van der Waals surface area contributed by atoms with Gasteiger partial charge in [-0.05, 0) is 94.5 Å². The maximum atomic E-state index is 12.1. The highest BCUT2D eigenvalue weighted by atomic mass is 35.5. The first-order chi connectivity index (χ1) is 35.5. The van der Waals surface area contributed by atoms with Crippen molar-refractivity contribution in [2.75, 3.05) is 70.8 Å². The third kappa shape index (κ3) is 15.8. The van der Waals surface area contributed by atoms with Crippen LogP contribution in [-0.2, 0) is 44.2 Å². The van der Waals surface area contributed by atoms with Crippen molar-refractivity contribution in [2.45, 2.75) is 76.8 Å². The van der Waals surface area contributed by atoms with Gasteiger partial charge in [0.2, 0.25) is 5.69 Å². The molecular formula is C58H64ClF3N2O10. The highest BCUT2D eigenvalue weighted by Crippen LogP contribution is 2.47. The highest BCUT2D eigenvalue weighted by Gasteiger charge is 2.44. The number of allylic oxidation sites excluding steroid dienone is 5. The molecule has 12 nitrogen and oxygen atoms in total. The number of carbonyl (C=O) groups is 3. The van der Waals surface area contributed by atoms with E-state index in [2.05, 4.69) is 110 Å². The van der Waals surface area contributed by atoms with Crippen LogP contribution >= 0.6 is 11.6 Å². The van der Waals surface area contributed by atoms with Gasteiger partial charge in [0.15, 0.2) is 12.3 Å². The molecule has 0 amide bonds. The Kier molecular flexibility index (Phi) is 21.0. The molecule has 3 aliphatic rings. The number of para-hydroxylation sites is 4. The van der Waals surface area contributed by atoms with Crippen LogP contribution in [0.25, 0.3) is 0 Å². The summed E-state index contributed by atoms with van der Waals surface area (Å²) in [4.78, 5) is 35.4. The topological polar surface area (TPSA) is 136 Å². The van der Waals surface area contributed by atoms with Gasteiger partial charge in [0.1, 0.15) is 24.1 Å². The molecule has 4 aromatic carbocycles.